The number of hydrogen-bond donors (Lipinski definition) is 2. The molecular formula is C21H34N4O4. The Bertz CT molecular complexity index is 647. The predicted octanol–water partition coefficient (Wildman–Crippen LogP) is 1.62. The average Bonchev–Trinajstić information content (AvgIpc) is 2.97. The maximum atomic E-state index is 12.9. The van der Waals surface area contributed by atoms with Crippen molar-refractivity contribution in [3.63, 3.8) is 0 Å². The molecule has 1 atom stereocenters. The van der Waals surface area contributed by atoms with Crippen LogP contribution in [0, 0.1) is 5.92 Å². The van der Waals surface area contributed by atoms with Crippen molar-refractivity contribution in [2.24, 2.45) is 5.92 Å². The van der Waals surface area contributed by atoms with E-state index in [9.17, 15) is 14.4 Å². The second-order valence-electron chi connectivity index (χ2n) is 8.22. The van der Waals surface area contributed by atoms with Crippen molar-refractivity contribution in [3.05, 3.63) is 11.3 Å². The van der Waals surface area contributed by atoms with Gasteiger partial charge >= 0.3 is 12.0 Å². The van der Waals surface area contributed by atoms with E-state index in [1.165, 1.54) is 12.8 Å². The second-order valence-corrected chi connectivity index (χ2v) is 8.22. The molecule has 2 fully saturated rings. The van der Waals surface area contributed by atoms with E-state index >= 15 is 0 Å². The lowest BCUT2D eigenvalue weighted by atomic mass is 9.94. The summed E-state index contributed by atoms with van der Waals surface area (Å²) >= 11 is 0. The first-order valence-electron chi connectivity index (χ1n) is 11.0. The van der Waals surface area contributed by atoms with Crippen LogP contribution in [0.15, 0.2) is 11.3 Å². The molecule has 1 unspecified atom stereocenters. The first kappa shape index (κ1) is 21.6. The molecule has 0 radical (unpaired) electrons. The van der Waals surface area contributed by atoms with Crippen molar-refractivity contribution in [2.75, 3.05) is 39.3 Å². The lowest BCUT2D eigenvalue weighted by Gasteiger charge is -2.35. The van der Waals surface area contributed by atoms with Crippen LogP contribution in [0.2, 0.25) is 0 Å². The van der Waals surface area contributed by atoms with Gasteiger partial charge in [0.1, 0.15) is 0 Å². The molecule has 0 saturated carbocycles. The van der Waals surface area contributed by atoms with Crippen LogP contribution in [-0.4, -0.2) is 73.1 Å². The summed E-state index contributed by atoms with van der Waals surface area (Å²) < 4.78 is 5.18. The average molecular weight is 407 g/mol. The quantitative estimate of drug-likeness (QED) is 0.677. The van der Waals surface area contributed by atoms with Crippen LogP contribution in [0.4, 0.5) is 4.79 Å². The fraction of sp³-hybridized carbons (Fsp3) is 0.762. The smallest absolute Gasteiger partial charge is 0.337 e. The van der Waals surface area contributed by atoms with E-state index in [4.69, 9.17) is 4.74 Å². The number of carbonyl (C=O) groups excluding carboxylic acids is 3. The van der Waals surface area contributed by atoms with Crippen LogP contribution in [0.5, 0.6) is 0 Å². The van der Waals surface area contributed by atoms with Gasteiger partial charge in [-0.1, -0.05) is 12.8 Å². The number of esters is 1. The van der Waals surface area contributed by atoms with Crippen LogP contribution >= 0.6 is 0 Å². The van der Waals surface area contributed by atoms with Crippen LogP contribution in [0.1, 0.15) is 52.4 Å². The number of nitrogens with zero attached hydrogens (tertiary/aromatic N) is 2. The molecule has 3 amide bonds. The molecular weight excluding hydrogens is 372 g/mol. The van der Waals surface area contributed by atoms with E-state index in [2.05, 4.69) is 20.4 Å². The molecule has 2 saturated heterocycles. The number of hydrogen-bond acceptors (Lipinski definition) is 5. The lowest BCUT2D eigenvalue weighted by Crippen LogP contribution is -2.52. The van der Waals surface area contributed by atoms with E-state index in [0.29, 0.717) is 30.3 Å². The summed E-state index contributed by atoms with van der Waals surface area (Å²) in [6, 6.07) is -0.688. The van der Waals surface area contributed by atoms with Crippen LogP contribution in [0.3, 0.4) is 0 Å². The van der Waals surface area contributed by atoms with Gasteiger partial charge in [-0.2, -0.15) is 0 Å². The standard InChI is InChI=1S/C21H34N4O4/c1-3-29-20(27)18-15(2)22-21(28)23-17(18)14-24-12-8-16(9-13-24)19(26)25-10-6-4-5-7-11-25/h15-16H,3-14H2,1-2H3,(H2,22,23,28). The molecule has 0 aromatic heterocycles. The summed E-state index contributed by atoms with van der Waals surface area (Å²) in [4.78, 5) is 41.4. The zero-order valence-electron chi connectivity index (χ0n) is 17.7. The number of likely N-dealkylation sites (tertiary alicyclic amines) is 2. The van der Waals surface area contributed by atoms with E-state index < -0.39 is 5.97 Å². The normalized spacial score (nSPS) is 24.6. The number of nitrogens with one attached hydrogen (secondary N) is 2. The second kappa shape index (κ2) is 10.1. The summed E-state index contributed by atoms with van der Waals surface area (Å²) in [6.45, 7) is 7.68. The summed E-state index contributed by atoms with van der Waals surface area (Å²) in [7, 11) is 0. The highest BCUT2D eigenvalue weighted by molar-refractivity contribution is 5.94. The molecule has 0 bridgehead atoms. The van der Waals surface area contributed by atoms with Gasteiger partial charge in [0.15, 0.2) is 0 Å². The molecule has 8 heteroatoms. The van der Waals surface area contributed by atoms with Gasteiger partial charge in [-0.15, -0.1) is 0 Å². The number of rotatable bonds is 5. The summed E-state index contributed by atoms with van der Waals surface area (Å²) in [6.07, 6.45) is 6.30. The molecule has 29 heavy (non-hydrogen) atoms. The molecule has 3 aliphatic heterocycles. The van der Waals surface area contributed by atoms with E-state index in [1.54, 1.807) is 13.8 Å². The van der Waals surface area contributed by atoms with Gasteiger partial charge in [0.25, 0.3) is 0 Å². The molecule has 3 aliphatic rings. The Hall–Kier alpha value is -2.09. The zero-order valence-corrected chi connectivity index (χ0v) is 17.7. The monoisotopic (exact) mass is 406 g/mol. The molecule has 3 heterocycles. The minimum absolute atomic E-state index is 0.0874. The van der Waals surface area contributed by atoms with Gasteiger partial charge in [-0.25, -0.2) is 9.59 Å². The predicted molar refractivity (Wildman–Crippen MR) is 109 cm³/mol. The minimum atomic E-state index is -0.395. The van der Waals surface area contributed by atoms with Crippen molar-refractivity contribution in [1.29, 1.82) is 0 Å². The largest absolute Gasteiger partial charge is 0.463 e. The van der Waals surface area contributed by atoms with Crippen molar-refractivity contribution in [1.82, 2.24) is 20.4 Å². The number of amides is 3. The molecule has 162 valence electrons. The molecule has 3 rings (SSSR count). The topological polar surface area (TPSA) is 91.0 Å². The fourth-order valence-electron chi connectivity index (χ4n) is 4.52. The Morgan fingerprint density at radius 3 is 2.34 bits per heavy atom. The van der Waals surface area contributed by atoms with Gasteiger partial charge in [-0.3, -0.25) is 9.69 Å². The van der Waals surface area contributed by atoms with Crippen molar-refractivity contribution in [3.8, 4) is 0 Å². The first-order valence-corrected chi connectivity index (χ1v) is 11.0. The highest BCUT2D eigenvalue weighted by Gasteiger charge is 2.33. The van der Waals surface area contributed by atoms with Crippen LogP contribution < -0.4 is 10.6 Å². The van der Waals surface area contributed by atoms with Gasteiger partial charge in [-0.05, 0) is 52.6 Å². The van der Waals surface area contributed by atoms with Gasteiger partial charge < -0.3 is 20.3 Å². The summed E-state index contributed by atoms with van der Waals surface area (Å²) in [5, 5.41) is 5.51. The summed E-state index contributed by atoms with van der Waals surface area (Å²) in [5.41, 5.74) is 1.09. The van der Waals surface area contributed by atoms with E-state index in [-0.39, 0.29) is 18.0 Å². The number of ether oxygens (including phenoxy) is 1. The fourth-order valence-corrected chi connectivity index (χ4v) is 4.52. The highest BCUT2D eigenvalue weighted by Crippen LogP contribution is 2.23. The van der Waals surface area contributed by atoms with Crippen molar-refractivity contribution in [2.45, 2.75) is 58.4 Å². The Balaban J connectivity index is 1.59. The number of piperidine rings is 1. The first-order chi connectivity index (χ1) is 14.0. The molecule has 0 aliphatic carbocycles. The van der Waals surface area contributed by atoms with Crippen molar-refractivity contribution >= 4 is 17.9 Å². The third-order valence-corrected chi connectivity index (χ3v) is 6.10. The lowest BCUT2D eigenvalue weighted by molar-refractivity contribution is -0.139. The molecule has 8 nitrogen and oxygen atoms in total. The number of carbonyl (C=O) groups is 3. The minimum Gasteiger partial charge on any atom is -0.463 e. The third-order valence-electron chi connectivity index (χ3n) is 6.10. The Labute approximate surface area is 173 Å². The highest BCUT2D eigenvalue weighted by atomic mass is 16.5. The molecule has 0 aromatic rings. The SMILES string of the molecule is CCOC(=O)C1=C(CN2CCC(C(=O)N3CCCCCC3)CC2)NC(=O)NC1C. The maximum Gasteiger partial charge on any atom is 0.337 e. The van der Waals surface area contributed by atoms with Gasteiger partial charge in [0.2, 0.25) is 5.91 Å². The number of urea groups is 1. The zero-order chi connectivity index (χ0) is 20.8. The Morgan fingerprint density at radius 2 is 1.72 bits per heavy atom. The van der Waals surface area contributed by atoms with Crippen LogP contribution in [-0.2, 0) is 14.3 Å². The van der Waals surface area contributed by atoms with Gasteiger partial charge in [0, 0.05) is 31.2 Å². The van der Waals surface area contributed by atoms with E-state index in [1.807, 2.05) is 0 Å². The Morgan fingerprint density at radius 1 is 1.07 bits per heavy atom. The van der Waals surface area contributed by atoms with Crippen LogP contribution in [0.25, 0.3) is 0 Å². The molecule has 2 N–H and O–H groups in total. The maximum absolute atomic E-state index is 12.9. The van der Waals surface area contributed by atoms with Gasteiger partial charge in [0.05, 0.1) is 18.2 Å². The molecule has 0 aromatic carbocycles. The van der Waals surface area contributed by atoms with Crippen molar-refractivity contribution < 1.29 is 19.1 Å². The van der Waals surface area contributed by atoms with E-state index in [0.717, 1.165) is 51.9 Å². The summed E-state index contributed by atoms with van der Waals surface area (Å²) in [5.74, 6) is -0.000101. The third kappa shape index (κ3) is 5.50. The molecule has 0 spiro atoms. The Kier molecular flexibility index (Phi) is 7.52.